The standard InChI is InChI=1S/C70H78N14O12/c1-47(93-43-49-23-7-3-8-24-49)61-67(89)75-57(33-19-21-37-71-69(91)95-45-51-27-11-5-12-28-51)65(87)73-39-53-42-84(82-80-53)60-36-18-16-32-56(60)64(86)78-62(48(2)94-44-50-25-9-4-10-26-50)68(90)76-58(34-20-22-38-72-70(92)96-46-52-29-13-6-14-30-52)66(88)74-40-54-41-83(81-79-54)59-35-17-15-31-55(59)63(85)77-61/h3-18,23-32,35-36,41-42,47-48,57-58,61-62H,19-22,33-34,37-40,43-46H2,1-2H3,(H,71,91)(H,72,92)(H,73,87)(H,74,88)(H,75,89)(H,76,90)(H,77,85)(H,78,86)/t47-,48-,57+,58+,61+,62+/m1/s1. The van der Waals surface area contributed by atoms with Crippen molar-refractivity contribution in [1.29, 1.82) is 0 Å². The Morgan fingerprint density at radius 1 is 0.448 bits per heavy atom. The summed E-state index contributed by atoms with van der Waals surface area (Å²) in [4.78, 5) is 113. The van der Waals surface area contributed by atoms with Crippen molar-refractivity contribution in [1.82, 2.24) is 72.5 Å². The van der Waals surface area contributed by atoms with Crippen molar-refractivity contribution in [2.75, 3.05) is 13.1 Å². The number of hydrogen-bond acceptors (Lipinski definition) is 16. The van der Waals surface area contributed by atoms with E-state index in [1.54, 1.807) is 50.2 Å². The van der Waals surface area contributed by atoms with Crippen LogP contribution < -0.4 is 42.5 Å². The van der Waals surface area contributed by atoms with Crippen molar-refractivity contribution in [3.05, 3.63) is 227 Å². The first-order valence-corrected chi connectivity index (χ1v) is 31.7. The van der Waals surface area contributed by atoms with Crippen LogP contribution in [0.4, 0.5) is 9.59 Å². The van der Waals surface area contributed by atoms with Crippen LogP contribution in [0.25, 0.3) is 11.4 Å². The number of benzene rings is 6. The van der Waals surface area contributed by atoms with Gasteiger partial charge < -0.3 is 61.5 Å². The van der Waals surface area contributed by atoms with Crippen molar-refractivity contribution in [2.24, 2.45) is 0 Å². The maximum atomic E-state index is 14.9. The van der Waals surface area contributed by atoms with Crippen LogP contribution >= 0.6 is 0 Å². The Balaban J connectivity index is 0.992. The van der Waals surface area contributed by atoms with Gasteiger partial charge in [0.05, 0.1) is 73.4 Å². The zero-order chi connectivity index (χ0) is 67.4. The van der Waals surface area contributed by atoms with Gasteiger partial charge in [-0.3, -0.25) is 28.8 Å². The number of aromatic nitrogens is 6. The molecule has 8 N–H and O–H groups in total. The quantitative estimate of drug-likeness (QED) is 0.0342. The molecule has 8 aromatic rings. The van der Waals surface area contributed by atoms with E-state index in [9.17, 15) is 38.4 Å². The number of hydrogen-bond donors (Lipinski definition) is 8. The Hall–Kier alpha value is -11.1. The van der Waals surface area contributed by atoms with E-state index >= 15 is 0 Å². The monoisotopic (exact) mass is 1310 g/mol. The Bertz CT molecular complexity index is 3610. The number of alkyl carbamates (subject to hydrolysis) is 2. The summed E-state index contributed by atoms with van der Waals surface area (Å²) in [6, 6.07) is 44.6. The Labute approximate surface area is 555 Å². The minimum atomic E-state index is -1.40. The van der Waals surface area contributed by atoms with Crippen LogP contribution in [0.5, 0.6) is 0 Å². The number of ether oxygens (including phenoxy) is 4. The summed E-state index contributed by atoms with van der Waals surface area (Å²) in [6.45, 7) is 3.53. The van der Waals surface area contributed by atoms with E-state index in [0.29, 0.717) is 25.7 Å². The van der Waals surface area contributed by atoms with Crippen LogP contribution in [-0.4, -0.2) is 127 Å². The number of amides is 8. The molecule has 0 unspecified atom stereocenters. The van der Waals surface area contributed by atoms with Crippen LogP contribution in [0.3, 0.4) is 0 Å². The number of carbonyl (C=O) groups is 8. The molecule has 2 aromatic heterocycles. The molecule has 6 aromatic carbocycles. The van der Waals surface area contributed by atoms with Gasteiger partial charge in [-0.2, -0.15) is 0 Å². The molecule has 500 valence electrons. The van der Waals surface area contributed by atoms with Crippen LogP contribution in [0.2, 0.25) is 0 Å². The van der Waals surface area contributed by atoms with Gasteiger partial charge in [-0.15, -0.1) is 10.2 Å². The first kappa shape index (κ1) is 69.2. The van der Waals surface area contributed by atoms with Crippen molar-refractivity contribution in [3.8, 4) is 11.4 Å². The molecule has 3 heterocycles. The van der Waals surface area contributed by atoms with Crippen LogP contribution in [-0.2, 0) is 77.6 Å². The summed E-state index contributed by atoms with van der Waals surface area (Å²) in [5, 5.41) is 39.9. The Kier molecular flexibility index (Phi) is 25.8. The molecule has 0 saturated carbocycles. The highest BCUT2D eigenvalue weighted by atomic mass is 16.6. The molecule has 8 amide bonds. The molecule has 4 bridgehead atoms. The molecule has 0 saturated heterocycles. The molecular weight excluding hydrogens is 1230 g/mol. The molecule has 6 atom stereocenters. The number of fused-ring (bicyclic) bond motifs is 8. The van der Waals surface area contributed by atoms with Crippen molar-refractivity contribution < 1.29 is 57.3 Å². The number of unbranched alkanes of at least 4 members (excludes halogenated alkanes) is 2. The lowest BCUT2D eigenvalue weighted by Gasteiger charge is -2.27. The van der Waals surface area contributed by atoms with E-state index in [2.05, 4.69) is 63.2 Å². The van der Waals surface area contributed by atoms with Crippen LogP contribution in [0.1, 0.15) is 107 Å². The highest BCUT2D eigenvalue weighted by Gasteiger charge is 2.35. The zero-order valence-electron chi connectivity index (χ0n) is 53.3. The summed E-state index contributed by atoms with van der Waals surface area (Å²) in [5.41, 5.74) is 4.38. The molecule has 9 rings (SSSR count). The second kappa shape index (κ2) is 35.8. The summed E-state index contributed by atoms with van der Waals surface area (Å²) < 4.78 is 26.0. The highest BCUT2D eigenvalue weighted by Crippen LogP contribution is 2.19. The fourth-order valence-electron chi connectivity index (χ4n) is 10.3. The van der Waals surface area contributed by atoms with Gasteiger partial charge in [0.2, 0.25) is 23.6 Å². The topological polar surface area (TPSA) is 331 Å². The number of para-hydroxylation sites is 2. The predicted octanol–water partition coefficient (Wildman–Crippen LogP) is 6.36. The average Bonchev–Trinajstić information content (AvgIpc) is 1.87. The molecule has 96 heavy (non-hydrogen) atoms. The molecule has 0 aliphatic carbocycles. The van der Waals surface area contributed by atoms with Gasteiger partial charge in [-0.25, -0.2) is 19.0 Å². The molecular formula is C70H78N14O12. The first-order valence-electron chi connectivity index (χ1n) is 31.7. The first-order chi connectivity index (χ1) is 46.7. The third-order valence-corrected chi connectivity index (χ3v) is 15.6. The fourth-order valence-corrected chi connectivity index (χ4v) is 10.3. The third-order valence-electron chi connectivity index (χ3n) is 15.6. The second-order valence-corrected chi connectivity index (χ2v) is 22.8. The predicted molar refractivity (Wildman–Crippen MR) is 351 cm³/mol. The van der Waals surface area contributed by atoms with Crippen LogP contribution in [0.15, 0.2) is 182 Å². The van der Waals surface area contributed by atoms with E-state index in [0.717, 1.165) is 22.3 Å². The summed E-state index contributed by atoms with van der Waals surface area (Å²) in [7, 11) is 0. The number of rotatable bonds is 22. The number of carbonyl (C=O) groups excluding carboxylic acids is 8. The minimum absolute atomic E-state index is 0.0689. The molecule has 0 fully saturated rings. The summed E-state index contributed by atoms with van der Waals surface area (Å²) in [5.74, 6) is -4.14. The molecule has 1 aliphatic heterocycles. The number of nitrogens with one attached hydrogen (secondary N) is 8. The molecule has 26 heteroatoms. The summed E-state index contributed by atoms with van der Waals surface area (Å²) in [6.07, 6.45) is 1.37. The minimum Gasteiger partial charge on any atom is -0.445 e. The van der Waals surface area contributed by atoms with Gasteiger partial charge in [-0.05, 0) is 98.9 Å². The maximum Gasteiger partial charge on any atom is 0.407 e. The maximum absolute atomic E-state index is 14.9. The van der Waals surface area contributed by atoms with Gasteiger partial charge in [0, 0.05) is 13.1 Å². The average molecular weight is 1310 g/mol. The fraction of sp³-hybridized carbons (Fsp3) is 0.314. The van der Waals surface area contributed by atoms with Crippen molar-refractivity contribution in [2.45, 2.75) is 128 Å². The van der Waals surface area contributed by atoms with Gasteiger partial charge in [0.15, 0.2) is 0 Å². The Morgan fingerprint density at radius 2 is 0.792 bits per heavy atom. The highest BCUT2D eigenvalue weighted by molar-refractivity contribution is 6.02. The summed E-state index contributed by atoms with van der Waals surface area (Å²) >= 11 is 0. The molecule has 0 spiro atoms. The molecule has 26 nitrogen and oxygen atoms in total. The van der Waals surface area contributed by atoms with Gasteiger partial charge >= 0.3 is 12.2 Å². The molecule has 0 radical (unpaired) electrons. The largest absolute Gasteiger partial charge is 0.445 e. The van der Waals surface area contributed by atoms with Crippen molar-refractivity contribution in [3.63, 3.8) is 0 Å². The van der Waals surface area contributed by atoms with E-state index in [-0.39, 0.29) is 99.3 Å². The van der Waals surface area contributed by atoms with Crippen molar-refractivity contribution >= 4 is 47.6 Å². The smallest absolute Gasteiger partial charge is 0.407 e. The van der Waals surface area contributed by atoms with Gasteiger partial charge in [0.25, 0.3) is 11.8 Å². The third kappa shape index (κ3) is 20.9. The lowest BCUT2D eigenvalue weighted by Crippen LogP contribution is -2.57. The van der Waals surface area contributed by atoms with Gasteiger partial charge in [0.1, 0.15) is 48.8 Å². The van der Waals surface area contributed by atoms with Crippen LogP contribution in [0, 0.1) is 0 Å². The zero-order valence-corrected chi connectivity index (χ0v) is 53.3. The lowest BCUT2D eigenvalue weighted by molar-refractivity contribution is -0.132. The van der Waals surface area contributed by atoms with E-state index in [4.69, 9.17) is 18.9 Å². The van der Waals surface area contributed by atoms with E-state index in [1.165, 1.54) is 33.9 Å². The lowest BCUT2D eigenvalue weighted by atomic mass is 10.1. The normalized spacial score (nSPS) is 17.1. The van der Waals surface area contributed by atoms with E-state index < -0.39 is 84.0 Å². The second-order valence-electron chi connectivity index (χ2n) is 22.8. The van der Waals surface area contributed by atoms with E-state index in [1.807, 2.05) is 121 Å². The Morgan fingerprint density at radius 3 is 1.17 bits per heavy atom. The number of nitrogens with zero attached hydrogens (tertiary/aromatic N) is 6. The SMILES string of the molecule is C[C@@H](OCc1ccccc1)[C@@H]1NC(=O)c2ccccc2-n2cc(nn2)CNC(=O)[C@H](CCCCNC(=O)OCc2ccccc2)NC(=O)[C@H]([C@@H](C)OCc2ccccc2)NC(=O)c2ccccc2-n2cc(nn2)CNC(=O)[C@H](CCCCNC(=O)OCc2ccccc2)NC1=O. The molecule has 1 aliphatic rings. The van der Waals surface area contributed by atoms with Gasteiger partial charge in [-0.1, -0.05) is 156 Å².